The first-order chi connectivity index (χ1) is 10.7. The molecule has 0 fully saturated rings. The van der Waals surface area contributed by atoms with Crippen LogP contribution in [0.4, 0.5) is 5.69 Å². The lowest BCUT2D eigenvalue weighted by Gasteiger charge is -2.06. The number of hydrazone groups is 1. The number of nitrogens with zero attached hydrogens (tertiary/aromatic N) is 1. The first-order valence-corrected chi connectivity index (χ1v) is 7.08. The van der Waals surface area contributed by atoms with E-state index < -0.39 is 0 Å². The quantitative estimate of drug-likeness (QED) is 0.687. The molecule has 0 amide bonds. The molecule has 2 aromatic rings. The van der Waals surface area contributed by atoms with Crippen molar-refractivity contribution >= 4 is 23.5 Å². The molecule has 1 heterocycles. The van der Waals surface area contributed by atoms with Crippen LogP contribution in [0, 0.1) is 6.92 Å². The molecular formula is C16H15ClN2O3. The van der Waals surface area contributed by atoms with E-state index in [2.05, 4.69) is 10.5 Å². The Kier molecular flexibility index (Phi) is 4.06. The molecule has 0 unspecified atom stereocenters. The summed E-state index contributed by atoms with van der Waals surface area (Å²) in [4.78, 5) is 0. The molecule has 114 valence electrons. The standard InChI is InChI=1S/C16H15ClN2O3/c1-10-3-4-12(7-13(10)17)19-18-8-11-5-14(20-2)16-15(6-11)21-9-22-16/h3-8,19H,9H2,1-2H3/b18-8-. The van der Waals surface area contributed by atoms with Crippen molar-refractivity contribution in [2.45, 2.75) is 6.92 Å². The van der Waals surface area contributed by atoms with E-state index in [1.165, 1.54) is 0 Å². The molecule has 0 spiro atoms. The lowest BCUT2D eigenvalue weighted by Crippen LogP contribution is -1.93. The van der Waals surface area contributed by atoms with E-state index in [9.17, 15) is 0 Å². The summed E-state index contributed by atoms with van der Waals surface area (Å²) in [5.74, 6) is 1.90. The smallest absolute Gasteiger partial charge is 0.231 e. The van der Waals surface area contributed by atoms with Gasteiger partial charge in [0.1, 0.15) is 0 Å². The van der Waals surface area contributed by atoms with Gasteiger partial charge in [-0.25, -0.2) is 0 Å². The van der Waals surface area contributed by atoms with E-state index in [4.69, 9.17) is 25.8 Å². The zero-order valence-electron chi connectivity index (χ0n) is 12.2. The zero-order valence-corrected chi connectivity index (χ0v) is 13.0. The van der Waals surface area contributed by atoms with Crippen molar-refractivity contribution in [1.82, 2.24) is 0 Å². The van der Waals surface area contributed by atoms with Gasteiger partial charge in [0.05, 0.1) is 19.0 Å². The van der Waals surface area contributed by atoms with Crippen molar-refractivity contribution in [1.29, 1.82) is 0 Å². The minimum Gasteiger partial charge on any atom is -0.493 e. The van der Waals surface area contributed by atoms with Crippen LogP contribution in [-0.2, 0) is 0 Å². The summed E-state index contributed by atoms with van der Waals surface area (Å²) in [7, 11) is 1.59. The van der Waals surface area contributed by atoms with Gasteiger partial charge in [0.25, 0.3) is 0 Å². The van der Waals surface area contributed by atoms with Crippen LogP contribution in [0.25, 0.3) is 0 Å². The summed E-state index contributed by atoms with van der Waals surface area (Å²) >= 11 is 6.07. The summed E-state index contributed by atoms with van der Waals surface area (Å²) < 4.78 is 16.0. The number of rotatable bonds is 4. The van der Waals surface area contributed by atoms with Gasteiger partial charge in [0, 0.05) is 10.6 Å². The minimum absolute atomic E-state index is 0.201. The maximum Gasteiger partial charge on any atom is 0.231 e. The molecule has 0 bridgehead atoms. The van der Waals surface area contributed by atoms with Gasteiger partial charge in [-0.15, -0.1) is 0 Å². The molecule has 0 saturated heterocycles. The predicted molar refractivity (Wildman–Crippen MR) is 86.5 cm³/mol. The molecule has 2 aromatic carbocycles. The molecule has 1 N–H and O–H groups in total. The van der Waals surface area contributed by atoms with Crippen molar-refractivity contribution in [2.75, 3.05) is 19.3 Å². The number of hydrogen-bond donors (Lipinski definition) is 1. The monoisotopic (exact) mass is 318 g/mol. The Labute approximate surface area is 133 Å². The Hall–Kier alpha value is -2.40. The van der Waals surface area contributed by atoms with Crippen LogP contribution in [0.3, 0.4) is 0 Å². The zero-order chi connectivity index (χ0) is 15.5. The maximum absolute atomic E-state index is 6.07. The molecule has 6 heteroatoms. The molecule has 0 radical (unpaired) electrons. The number of methoxy groups -OCH3 is 1. The van der Waals surface area contributed by atoms with Crippen LogP contribution in [0.15, 0.2) is 35.4 Å². The normalized spacial score (nSPS) is 12.7. The number of ether oxygens (including phenoxy) is 3. The first-order valence-electron chi connectivity index (χ1n) is 6.70. The van der Waals surface area contributed by atoms with E-state index in [1.54, 1.807) is 13.3 Å². The molecular weight excluding hydrogens is 304 g/mol. The molecule has 0 aromatic heterocycles. The van der Waals surface area contributed by atoms with Crippen LogP contribution in [0.1, 0.15) is 11.1 Å². The molecule has 0 saturated carbocycles. The third-order valence-corrected chi connectivity index (χ3v) is 3.67. The largest absolute Gasteiger partial charge is 0.493 e. The second-order valence-electron chi connectivity index (χ2n) is 4.79. The summed E-state index contributed by atoms with van der Waals surface area (Å²) in [6.45, 7) is 2.15. The fourth-order valence-corrected chi connectivity index (χ4v) is 2.25. The minimum atomic E-state index is 0.201. The van der Waals surface area contributed by atoms with Crippen molar-refractivity contribution in [2.24, 2.45) is 5.10 Å². The lowest BCUT2D eigenvalue weighted by molar-refractivity contribution is 0.171. The highest BCUT2D eigenvalue weighted by Gasteiger charge is 2.19. The fourth-order valence-electron chi connectivity index (χ4n) is 2.07. The molecule has 1 aliphatic rings. The Balaban J connectivity index is 1.76. The van der Waals surface area contributed by atoms with Crippen LogP contribution in [-0.4, -0.2) is 20.1 Å². The number of anilines is 1. The number of benzene rings is 2. The van der Waals surface area contributed by atoms with Crippen LogP contribution in [0.2, 0.25) is 5.02 Å². The Morgan fingerprint density at radius 2 is 2.14 bits per heavy atom. The van der Waals surface area contributed by atoms with Gasteiger partial charge < -0.3 is 14.2 Å². The van der Waals surface area contributed by atoms with Crippen molar-refractivity contribution in [3.63, 3.8) is 0 Å². The lowest BCUT2D eigenvalue weighted by atomic mass is 10.2. The Bertz CT molecular complexity index is 732. The molecule has 22 heavy (non-hydrogen) atoms. The highest BCUT2D eigenvalue weighted by atomic mass is 35.5. The number of hydrogen-bond acceptors (Lipinski definition) is 5. The van der Waals surface area contributed by atoms with Crippen molar-refractivity contribution < 1.29 is 14.2 Å². The second-order valence-corrected chi connectivity index (χ2v) is 5.20. The summed E-state index contributed by atoms with van der Waals surface area (Å²) in [5.41, 5.74) is 5.62. The second kappa shape index (κ2) is 6.15. The van der Waals surface area contributed by atoms with Gasteiger partial charge in [-0.3, -0.25) is 5.43 Å². The van der Waals surface area contributed by atoms with Crippen LogP contribution < -0.4 is 19.6 Å². The van der Waals surface area contributed by atoms with Crippen LogP contribution >= 0.6 is 11.6 Å². The van der Waals surface area contributed by atoms with E-state index in [0.29, 0.717) is 22.3 Å². The molecule has 5 nitrogen and oxygen atoms in total. The first kappa shape index (κ1) is 14.5. The van der Waals surface area contributed by atoms with Gasteiger partial charge in [-0.2, -0.15) is 5.10 Å². The molecule has 1 aliphatic heterocycles. The molecule has 3 rings (SSSR count). The van der Waals surface area contributed by atoms with Gasteiger partial charge in [-0.1, -0.05) is 17.7 Å². The maximum atomic E-state index is 6.07. The molecule has 0 aliphatic carbocycles. The third-order valence-electron chi connectivity index (χ3n) is 3.26. The van der Waals surface area contributed by atoms with E-state index >= 15 is 0 Å². The number of halogens is 1. The summed E-state index contributed by atoms with van der Waals surface area (Å²) in [6.07, 6.45) is 1.68. The highest BCUT2D eigenvalue weighted by molar-refractivity contribution is 6.31. The third kappa shape index (κ3) is 2.94. The SMILES string of the molecule is COc1cc(/C=N\Nc2ccc(C)c(Cl)c2)cc2c1OCO2. The van der Waals surface area contributed by atoms with Gasteiger partial charge in [0.2, 0.25) is 12.5 Å². The topological polar surface area (TPSA) is 52.1 Å². The Morgan fingerprint density at radius 1 is 1.27 bits per heavy atom. The number of aryl methyl sites for hydroxylation is 1. The number of nitrogens with one attached hydrogen (secondary N) is 1. The van der Waals surface area contributed by atoms with Crippen molar-refractivity contribution in [3.8, 4) is 17.2 Å². The molecule has 0 atom stereocenters. The van der Waals surface area contributed by atoms with E-state index in [1.807, 2.05) is 37.3 Å². The number of fused-ring (bicyclic) bond motifs is 1. The summed E-state index contributed by atoms with van der Waals surface area (Å²) in [5, 5.41) is 4.90. The van der Waals surface area contributed by atoms with Crippen LogP contribution in [0.5, 0.6) is 17.2 Å². The average molecular weight is 319 g/mol. The Morgan fingerprint density at radius 3 is 2.91 bits per heavy atom. The van der Waals surface area contributed by atoms with Crippen molar-refractivity contribution in [3.05, 3.63) is 46.5 Å². The summed E-state index contributed by atoms with van der Waals surface area (Å²) in [6, 6.07) is 9.36. The van der Waals surface area contributed by atoms with E-state index in [-0.39, 0.29) is 6.79 Å². The van der Waals surface area contributed by atoms with E-state index in [0.717, 1.165) is 16.8 Å². The van der Waals surface area contributed by atoms with Gasteiger partial charge in [-0.05, 0) is 36.8 Å². The average Bonchev–Trinajstić information content (AvgIpc) is 2.98. The fraction of sp³-hybridized carbons (Fsp3) is 0.188. The van der Waals surface area contributed by atoms with Gasteiger partial charge in [0.15, 0.2) is 11.5 Å². The van der Waals surface area contributed by atoms with Gasteiger partial charge >= 0.3 is 0 Å². The predicted octanol–water partition coefficient (Wildman–Crippen LogP) is 3.83. The highest BCUT2D eigenvalue weighted by Crippen LogP contribution is 2.41.